The van der Waals surface area contributed by atoms with Gasteiger partial charge in [-0.3, -0.25) is 9.59 Å². The highest BCUT2D eigenvalue weighted by Gasteiger charge is 2.39. The van der Waals surface area contributed by atoms with Crippen molar-refractivity contribution in [1.82, 2.24) is 24.4 Å². The molecule has 2 amide bonds. The molecule has 3 N–H and O–H groups in total. The van der Waals surface area contributed by atoms with E-state index in [1.807, 2.05) is 6.92 Å². The van der Waals surface area contributed by atoms with Crippen molar-refractivity contribution in [2.75, 3.05) is 11.1 Å². The van der Waals surface area contributed by atoms with Crippen LogP contribution in [0.4, 0.5) is 24.8 Å². The molecule has 1 saturated heterocycles. The van der Waals surface area contributed by atoms with Crippen LogP contribution in [0, 0.1) is 13.8 Å². The summed E-state index contributed by atoms with van der Waals surface area (Å²) in [5, 5.41) is 3.44. The number of rotatable bonds is 4. The molecule has 1 fully saturated rings. The van der Waals surface area contributed by atoms with E-state index in [0.29, 0.717) is 35.3 Å². The van der Waals surface area contributed by atoms with Gasteiger partial charge in [0.1, 0.15) is 41.3 Å². The van der Waals surface area contributed by atoms with Crippen molar-refractivity contribution in [3.8, 4) is 0 Å². The summed E-state index contributed by atoms with van der Waals surface area (Å²) >= 11 is 5.98. The van der Waals surface area contributed by atoms with E-state index in [-0.39, 0.29) is 45.9 Å². The van der Waals surface area contributed by atoms with Crippen LogP contribution in [0.15, 0.2) is 30.6 Å². The maximum atomic E-state index is 13.8. The third-order valence-electron chi connectivity index (χ3n) is 7.14. The molecule has 1 aliphatic heterocycles. The van der Waals surface area contributed by atoms with E-state index >= 15 is 0 Å². The number of amides is 2. The Morgan fingerprint density at radius 2 is 1.90 bits per heavy atom. The summed E-state index contributed by atoms with van der Waals surface area (Å²) in [6.45, 7) is 4.91. The number of pyridine rings is 1. The van der Waals surface area contributed by atoms with Crippen LogP contribution in [0.1, 0.15) is 36.5 Å². The second-order valence-corrected chi connectivity index (χ2v) is 10.1. The molecule has 5 rings (SSSR count). The Bertz CT molecular complexity index is 1640. The van der Waals surface area contributed by atoms with Gasteiger partial charge in [0, 0.05) is 11.4 Å². The molecule has 1 aliphatic rings. The Balaban J connectivity index is 1.53. The van der Waals surface area contributed by atoms with Gasteiger partial charge in [-0.2, -0.15) is 13.2 Å². The number of nitrogen functional groups attached to an aromatic ring is 1. The van der Waals surface area contributed by atoms with Crippen molar-refractivity contribution < 1.29 is 22.8 Å². The second-order valence-electron chi connectivity index (χ2n) is 9.76. The van der Waals surface area contributed by atoms with E-state index in [9.17, 15) is 22.8 Å². The number of hydrogen-bond acceptors (Lipinski definition) is 6. The molecule has 204 valence electrons. The lowest BCUT2D eigenvalue weighted by molar-refractivity contribution is -0.139. The number of alkyl halides is 3. The highest BCUT2D eigenvalue weighted by molar-refractivity contribution is 6.29. The van der Waals surface area contributed by atoms with E-state index in [1.165, 1.54) is 18.2 Å². The number of nitrogens with two attached hydrogens (primary N) is 1. The largest absolute Gasteiger partial charge is 0.416 e. The maximum absolute atomic E-state index is 13.8. The number of aryl methyl sites for hydroxylation is 2. The molecule has 4 aromatic rings. The molecule has 39 heavy (non-hydrogen) atoms. The number of nitrogens with one attached hydrogen (secondary N) is 1. The molecular weight excluding hydrogens is 535 g/mol. The number of hydrogen-bond donors (Lipinski definition) is 2. The molecule has 13 heteroatoms. The second kappa shape index (κ2) is 9.67. The van der Waals surface area contributed by atoms with Gasteiger partial charge in [-0.25, -0.2) is 15.0 Å². The lowest BCUT2D eigenvalue weighted by atomic mass is 10.1. The predicted molar refractivity (Wildman–Crippen MR) is 141 cm³/mol. The molecule has 0 saturated carbocycles. The fraction of sp³-hybridized carbons (Fsp3) is 0.346. The lowest BCUT2D eigenvalue weighted by Crippen LogP contribution is -2.47. The van der Waals surface area contributed by atoms with Crippen LogP contribution in [0.5, 0.6) is 0 Å². The first-order chi connectivity index (χ1) is 18.4. The van der Waals surface area contributed by atoms with Gasteiger partial charge >= 0.3 is 6.18 Å². The summed E-state index contributed by atoms with van der Waals surface area (Å²) < 4.78 is 42.4. The predicted octanol–water partition coefficient (Wildman–Crippen LogP) is 4.87. The van der Waals surface area contributed by atoms with Crippen molar-refractivity contribution in [2.45, 2.75) is 58.4 Å². The third kappa shape index (κ3) is 4.73. The van der Waals surface area contributed by atoms with Gasteiger partial charge in [0.05, 0.1) is 16.5 Å². The van der Waals surface area contributed by atoms with Gasteiger partial charge in [0.2, 0.25) is 11.8 Å². The van der Waals surface area contributed by atoms with Gasteiger partial charge in [0.15, 0.2) is 0 Å². The molecule has 0 spiro atoms. The van der Waals surface area contributed by atoms with Crippen LogP contribution < -0.4 is 11.1 Å². The minimum absolute atomic E-state index is 0.00566. The van der Waals surface area contributed by atoms with E-state index in [2.05, 4.69) is 20.3 Å². The number of anilines is 2. The van der Waals surface area contributed by atoms with Crippen LogP contribution in [-0.4, -0.2) is 48.3 Å². The summed E-state index contributed by atoms with van der Waals surface area (Å²) in [5.74, 6) is -0.465. The van der Waals surface area contributed by atoms with Crippen LogP contribution in [0.2, 0.25) is 5.15 Å². The van der Waals surface area contributed by atoms with E-state index < -0.39 is 23.7 Å². The van der Waals surface area contributed by atoms with Crippen molar-refractivity contribution in [2.24, 2.45) is 0 Å². The zero-order chi connectivity index (χ0) is 28.2. The SMILES string of the molecule is Cc1ccc(Cl)nc1NC(=O)[C@@H]1CC[C@@H](C)N1C(=O)Cn1c2ncnc(N)c2c2cc(C(F)(F)F)cc(C)c21. The van der Waals surface area contributed by atoms with Crippen molar-refractivity contribution >= 4 is 57.0 Å². The number of likely N-dealkylation sites (tertiary alicyclic amines) is 1. The zero-order valence-corrected chi connectivity index (χ0v) is 22.1. The molecule has 4 heterocycles. The Morgan fingerprint density at radius 1 is 1.15 bits per heavy atom. The number of halogens is 4. The fourth-order valence-corrected chi connectivity index (χ4v) is 5.46. The summed E-state index contributed by atoms with van der Waals surface area (Å²) in [5.41, 5.74) is 6.88. The van der Waals surface area contributed by atoms with Gasteiger partial charge in [-0.15, -0.1) is 0 Å². The minimum atomic E-state index is -4.57. The quantitative estimate of drug-likeness (QED) is 0.344. The topological polar surface area (TPSA) is 119 Å². The molecule has 2 atom stereocenters. The van der Waals surface area contributed by atoms with Crippen molar-refractivity contribution in [3.63, 3.8) is 0 Å². The molecule has 9 nitrogen and oxygen atoms in total. The standard InChI is InChI=1S/C26H25ClF3N7O2/c1-12-4-7-18(27)34-23(12)35-25(39)17-6-5-14(3)37(17)19(38)10-36-21-13(2)8-15(26(28,29)30)9-16(21)20-22(31)32-11-33-24(20)36/h4,7-9,11,14,17H,5-6,10H2,1-3H3,(H2,31,32,33)(H,34,35,39)/t14-,17+/m1/s1. The number of benzene rings is 1. The minimum Gasteiger partial charge on any atom is -0.383 e. The lowest BCUT2D eigenvalue weighted by Gasteiger charge is -2.28. The van der Waals surface area contributed by atoms with Gasteiger partial charge in [-0.05, 0) is 62.9 Å². The first kappa shape index (κ1) is 26.7. The van der Waals surface area contributed by atoms with Crippen LogP contribution >= 0.6 is 11.6 Å². The molecule has 0 unspecified atom stereocenters. The average molecular weight is 560 g/mol. The average Bonchev–Trinajstić information content (AvgIpc) is 3.40. The molecule has 1 aromatic carbocycles. The van der Waals surface area contributed by atoms with Gasteiger partial charge in [-0.1, -0.05) is 17.7 Å². The summed E-state index contributed by atoms with van der Waals surface area (Å²) in [7, 11) is 0. The third-order valence-corrected chi connectivity index (χ3v) is 7.35. The Kier molecular flexibility index (Phi) is 6.61. The monoisotopic (exact) mass is 559 g/mol. The highest BCUT2D eigenvalue weighted by atomic mass is 35.5. The smallest absolute Gasteiger partial charge is 0.383 e. The normalized spacial score (nSPS) is 17.8. The Hall–Kier alpha value is -3.93. The molecule has 0 radical (unpaired) electrons. The van der Waals surface area contributed by atoms with Crippen molar-refractivity contribution in [3.05, 3.63) is 52.4 Å². The number of nitrogens with zero attached hydrogens (tertiary/aromatic N) is 5. The first-order valence-corrected chi connectivity index (χ1v) is 12.6. The number of aromatic nitrogens is 4. The summed E-state index contributed by atoms with van der Waals surface area (Å²) in [6, 6.07) is 4.36. The highest BCUT2D eigenvalue weighted by Crippen LogP contribution is 2.38. The maximum Gasteiger partial charge on any atom is 0.416 e. The first-order valence-electron chi connectivity index (χ1n) is 12.2. The fourth-order valence-electron chi connectivity index (χ4n) is 5.31. The van der Waals surface area contributed by atoms with E-state index in [1.54, 1.807) is 23.6 Å². The molecular formula is C26H25ClF3N7O2. The van der Waals surface area contributed by atoms with Crippen molar-refractivity contribution in [1.29, 1.82) is 0 Å². The van der Waals surface area contributed by atoms with Gasteiger partial charge in [0.25, 0.3) is 0 Å². The number of carbonyl (C=O) groups excluding carboxylic acids is 2. The Labute approximate surface area is 226 Å². The Morgan fingerprint density at radius 3 is 2.62 bits per heavy atom. The zero-order valence-electron chi connectivity index (χ0n) is 21.3. The molecule has 3 aromatic heterocycles. The molecule has 0 bridgehead atoms. The van der Waals surface area contributed by atoms with Crippen LogP contribution in [0.3, 0.4) is 0 Å². The van der Waals surface area contributed by atoms with Crippen LogP contribution in [0.25, 0.3) is 21.9 Å². The van der Waals surface area contributed by atoms with Crippen LogP contribution in [-0.2, 0) is 22.3 Å². The molecule has 0 aliphatic carbocycles. The van der Waals surface area contributed by atoms with E-state index in [4.69, 9.17) is 17.3 Å². The van der Waals surface area contributed by atoms with Gasteiger partial charge < -0.3 is 20.5 Å². The summed E-state index contributed by atoms with van der Waals surface area (Å²) in [4.78, 5) is 40.9. The number of carbonyl (C=O) groups is 2. The summed E-state index contributed by atoms with van der Waals surface area (Å²) in [6.07, 6.45) is -2.33. The number of fused-ring (bicyclic) bond motifs is 3. The van der Waals surface area contributed by atoms with E-state index in [0.717, 1.165) is 12.1 Å².